The van der Waals surface area contributed by atoms with Crippen LogP contribution < -0.4 is 10.2 Å². The van der Waals surface area contributed by atoms with Gasteiger partial charge in [0.15, 0.2) is 11.6 Å². The van der Waals surface area contributed by atoms with Crippen LogP contribution in [0.15, 0.2) is 12.4 Å². The van der Waals surface area contributed by atoms with E-state index in [4.69, 9.17) is 5.11 Å². The highest BCUT2D eigenvalue weighted by Gasteiger charge is 2.19. The molecule has 1 heterocycles. The maximum Gasteiger partial charge on any atom is 0.323 e. The molecule has 1 aromatic rings. The van der Waals surface area contributed by atoms with E-state index in [0.717, 1.165) is 12.8 Å². The lowest BCUT2D eigenvalue weighted by Crippen LogP contribution is -2.28. The number of nitrogens with one attached hydrogen (secondary N) is 1. The lowest BCUT2D eigenvalue weighted by molar-refractivity contribution is -0.135. The SMILES string of the molecule is CN(CC(=O)O)c1nccnc1NC1CCCC1. The van der Waals surface area contributed by atoms with E-state index < -0.39 is 5.97 Å². The number of carbonyl (C=O) groups is 1. The molecule has 0 aromatic carbocycles. The average molecular weight is 250 g/mol. The van der Waals surface area contributed by atoms with Gasteiger partial charge in [-0.25, -0.2) is 9.97 Å². The highest BCUT2D eigenvalue weighted by Crippen LogP contribution is 2.25. The third kappa shape index (κ3) is 3.09. The molecule has 0 spiro atoms. The molecule has 2 rings (SSSR count). The van der Waals surface area contributed by atoms with E-state index in [2.05, 4.69) is 15.3 Å². The first-order valence-corrected chi connectivity index (χ1v) is 6.17. The van der Waals surface area contributed by atoms with E-state index in [1.165, 1.54) is 12.8 Å². The van der Waals surface area contributed by atoms with Gasteiger partial charge in [0.1, 0.15) is 6.54 Å². The van der Waals surface area contributed by atoms with Crippen LogP contribution in [0.25, 0.3) is 0 Å². The molecule has 0 radical (unpaired) electrons. The quantitative estimate of drug-likeness (QED) is 0.821. The maximum absolute atomic E-state index is 10.7. The van der Waals surface area contributed by atoms with Crippen molar-refractivity contribution in [3.8, 4) is 0 Å². The second-order valence-electron chi connectivity index (χ2n) is 4.60. The standard InChI is InChI=1S/C12H18N4O2/c1-16(8-10(17)18)12-11(13-6-7-14-12)15-9-4-2-3-5-9/h6-7,9H,2-5,8H2,1H3,(H,13,15)(H,17,18). The number of carboxylic acid groups (broad SMARTS) is 1. The van der Waals surface area contributed by atoms with Crippen LogP contribution >= 0.6 is 0 Å². The van der Waals surface area contributed by atoms with Gasteiger partial charge >= 0.3 is 5.97 Å². The molecule has 0 amide bonds. The van der Waals surface area contributed by atoms with Gasteiger partial charge in [0.25, 0.3) is 0 Å². The fourth-order valence-electron chi connectivity index (χ4n) is 2.25. The van der Waals surface area contributed by atoms with E-state index in [1.54, 1.807) is 24.3 Å². The molecule has 0 aliphatic heterocycles. The van der Waals surface area contributed by atoms with E-state index >= 15 is 0 Å². The Kier molecular flexibility index (Phi) is 3.96. The fraction of sp³-hybridized carbons (Fsp3) is 0.583. The minimum Gasteiger partial charge on any atom is -0.480 e. The fourth-order valence-corrected chi connectivity index (χ4v) is 2.25. The summed E-state index contributed by atoms with van der Waals surface area (Å²) in [6.07, 6.45) is 7.94. The van der Waals surface area contributed by atoms with Crippen molar-refractivity contribution in [1.29, 1.82) is 0 Å². The molecule has 1 aliphatic rings. The molecule has 6 heteroatoms. The van der Waals surface area contributed by atoms with Crippen molar-refractivity contribution in [3.63, 3.8) is 0 Å². The molecule has 0 saturated heterocycles. The summed E-state index contributed by atoms with van der Waals surface area (Å²) in [5.41, 5.74) is 0. The normalized spacial score (nSPS) is 15.6. The lowest BCUT2D eigenvalue weighted by atomic mass is 10.2. The highest BCUT2D eigenvalue weighted by atomic mass is 16.4. The van der Waals surface area contributed by atoms with Gasteiger partial charge in [0.05, 0.1) is 0 Å². The van der Waals surface area contributed by atoms with Crippen molar-refractivity contribution < 1.29 is 9.90 Å². The van der Waals surface area contributed by atoms with Crippen molar-refractivity contribution in [3.05, 3.63) is 12.4 Å². The van der Waals surface area contributed by atoms with Crippen molar-refractivity contribution in [2.24, 2.45) is 0 Å². The third-order valence-corrected chi connectivity index (χ3v) is 3.11. The smallest absolute Gasteiger partial charge is 0.323 e. The molecule has 0 bridgehead atoms. The van der Waals surface area contributed by atoms with Gasteiger partial charge in [0, 0.05) is 25.5 Å². The van der Waals surface area contributed by atoms with Crippen molar-refractivity contribution in [2.75, 3.05) is 23.8 Å². The lowest BCUT2D eigenvalue weighted by Gasteiger charge is -2.20. The van der Waals surface area contributed by atoms with Gasteiger partial charge in [-0.3, -0.25) is 4.79 Å². The van der Waals surface area contributed by atoms with Gasteiger partial charge in [-0.2, -0.15) is 0 Å². The molecule has 6 nitrogen and oxygen atoms in total. The van der Waals surface area contributed by atoms with Gasteiger partial charge < -0.3 is 15.3 Å². The zero-order valence-corrected chi connectivity index (χ0v) is 10.5. The van der Waals surface area contributed by atoms with Crippen LogP contribution in [0, 0.1) is 0 Å². The first-order valence-electron chi connectivity index (χ1n) is 6.17. The van der Waals surface area contributed by atoms with E-state index in [1.807, 2.05) is 0 Å². The number of hydrogen-bond acceptors (Lipinski definition) is 5. The van der Waals surface area contributed by atoms with Crippen LogP contribution in [0.1, 0.15) is 25.7 Å². The highest BCUT2D eigenvalue weighted by molar-refractivity contribution is 5.75. The number of nitrogens with zero attached hydrogens (tertiary/aromatic N) is 3. The summed E-state index contributed by atoms with van der Waals surface area (Å²) in [5.74, 6) is 0.384. The summed E-state index contributed by atoms with van der Waals surface area (Å²) in [6, 6.07) is 0.429. The molecular formula is C12H18N4O2. The summed E-state index contributed by atoms with van der Waals surface area (Å²) in [6.45, 7) is -0.0853. The number of likely N-dealkylation sites (N-methyl/N-ethyl adjacent to an activating group) is 1. The summed E-state index contributed by atoms with van der Waals surface area (Å²) in [5, 5.41) is 12.2. The number of carboxylic acids is 1. The van der Waals surface area contributed by atoms with Gasteiger partial charge in [-0.15, -0.1) is 0 Å². The predicted molar refractivity (Wildman–Crippen MR) is 68.8 cm³/mol. The second kappa shape index (κ2) is 5.66. The molecule has 1 fully saturated rings. The third-order valence-electron chi connectivity index (χ3n) is 3.11. The summed E-state index contributed by atoms with van der Waals surface area (Å²) in [7, 11) is 1.71. The molecular weight excluding hydrogens is 232 g/mol. The van der Waals surface area contributed by atoms with Crippen LogP contribution in [-0.4, -0.2) is 40.7 Å². The van der Waals surface area contributed by atoms with Crippen LogP contribution in [-0.2, 0) is 4.79 Å². The van der Waals surface area contributed by atoms with Crippen molar-refractivity contribution >= 4 is 17.6 Å². The van der Waals surface area contributed by atoms with Crippen molar-refractivity contribution in [2.45, 2.75) is 31.7 Å². The van der Waals surface area contributed by atoms with Crippen LogP contribution in [0.3, 0.4) is 0 Å². The number of hydrogen-bond donors (Lipinski definition) is 2. The predicted octanol–water partition coefficient (Wildman–Crippen LogP) is 1.35. The molecule has 18 heavy (non-hydrogen) atoms. The largest absolute Gasteiger partial charge is 0.480 e. The number of aromatic nitrogens is 2. The Balaban J connectivity index is 2.11. The minimum absolute atomic E-state index is 0.0853. The number of anilines is 2. The Morgan fingerprint density at radius 2 is 2.11 bits per heavy atom. The van der Waals surface area contributed by atoms with Gasteiger partial charge in [-0.1, -0.05) is 12.8 Å². The molecule has 1 aliphatic carbocycles. The first-order chi connectivity index (χ1) is 8.66. The Hall–Kier alpha value is -1.85. The Bertz CT molecular complexity index is 418. The Labute approximate surface area is 106 Å². The number of rotatable bonds is 5. The molecule has 0 atom stereocenters. The molecule has 98 valence electrons. The molecule has 1 aromatic heterocycles. The zero-order chi connectivity index (χ0) is 13.0. The summed E-state index contributed by atoms with van der Waals surface area (Å²) >= 11 is 0. The Morgan fingerprint density at radius 1 is 1.44 bits per heavy atom. The van der Waals surface area contributed by atoms with E-state index in [0.29, 0.717) is 17.7 Å². The van der Waals surface area contributed by atoms with Crippen LogP contribution in [0.5, 0.6) is 0 Å². The maximum atomic E-state index is 10.7. The van der Waals surface area contributed by atoms with E-state index in [9.17, 15) is 4.79 Å². The number of aliphatic carboxylic acids is 1. The zero-order valence-electron chi connectivity index (χ0n) is 10.5. The summed E-state index contributed by atoms with van der Waals surface area (Å²) < 4.78 is 0. The molecule has 0 unspecified atom stereocenters. The minimum atomic E-state index is -0.880. The van der Waals surface area contributed by atoms with Gasteiger partial charge in [0.2, 0.25) is 0 Å². The summed E-state index contributed by atoms with van der Waals surface area (Å²) in [4.78, 5) is 20.8. The second-order valence-corrected chi connectivity index (χ2v) is 4.60. The van der Waals surface area contributed by atoms with Crippen molar-refractivity contribution in [1.82, 2.24) is 9.97 Å². The molecule has 2 N–H and O–H groups in total. The van der Waals surface area contributed by atoms with E-state index in [-0.39, 0.29) is 6.54 Å². The topological polar surface area (TPSA) is 78.4 Å². The molecule has 1 saturated carbocycles. The monoisotopic (exact) mass is 250 g/mol. The van der Waals surface area contributed by atoms with Gasteiger partial charge in [-0.05, 0) is 12.8 Å². The first kappa shape index (κ1) is 12.6. The average Bonchev–Trinajstić information content (AvgIpc) is 2.81. The Morgan fingerprint density at radius 3 is 2.78 bits per heavy atom. The van der Waals surface area contributed by atoms with Crippen LogP contribution in [0.4, 0.5) is 11.6 Å². The van der Waals surface area contributed by atoms with Crippen LogP contribution in [0.2, 0.25) is 0 Å².